The summed E-state index contributed by atoms with van der Waals surface area (Å²) in [5.74, 6) is 0.583. The fourth-order valence-electron chi connectivity index (χ4n) is 4.19. The standard InChI is InChI=1S/C28H29N3O7S/c1-18-6-4-5-7-26(18)39(35,36)30-28(34)29-23(15-21-10-8-20(9-11-21)14-19(2)32)27(33)31(3)22-12-13-24-25(16-22)38-17-37-24/h4-13,16,23H,14-15,17H2,1-3H3,(H2,29,30,34)/t23-/m0/s1. The lowest BCUT2D eigenvalue weighted by Gasteiger charge is -2.25. The van der Waals surface area contributed by atoms with E-state index in [0.717, 1.165) is 5.56 Å². The number of Topliss-reactive ketones (excluding diaryl/α,β-unsaturated/α-hetero) is 1. The molecule has 1 aliphatic heterocycles. The number of urea groups is 1. The van der Waals surface area contributed by atoms with Gasteiger partial charge in [-0.25, -0.2) is 17.9 Å². The van der Waals surface area contributed by atoms with Crippen molar-refractivity contribution in [2.24, 2.45) is 0 Å². The van der Waals surface area contributed by atoms with Crippen LogP contribution in [0.25, 0.3) is 0 Å². The lowest BCUT2D eigenvalue weighted by atomic mass is 10.0. The maximum absolute atomic E-state index is 13.6. The molecule has 0 spiro atoms. The van der Waals surface area contributed by atoms with Gasteiger partial charge in [0.1, 0.15) is 11.8 Å². The molecule has 0 radical (unpaired) electrons. The first-order valence-electron chi connectivity index (χ1n) is 12.2. The van der Waals surface area contributed by atoms with Crippen LogP contribution in [-0.4, -0.2) is 46.0 Å². The van der Waals surface area contributed by atoms with Crippen molar-refractivity contribution in [1.29, 1.82) is 0 Å². The minimum atomic E-state index is -4.18. The molecule has 0 saturated heterocycles. The second-order valence-electron chi connectivity index (χ2n) is 9.23. The molecule has 1 aliphatic rings. The number of likely N-dealkylation sites (N-methyl/N-ethyl adjacent to an activating group) is 1. The molecule has 3 amide bonds. The summed E-state index contributed by atoms with van der Waals surface area (Å²) in [5.41, 5.74) is 2.50. The van der Waals surface area contributed by atoms with Crippen LogP contribution in [0.15, 0.2) is 71.6 Å². The summed E-state index contributed by atoms with van der Waals surface area (Å²) in [4.78, 5) is 39.2. The Morgan fingerprint density at radius 1 is 0.949 bits per heavy atom. The third kappa shape index (κ3) is 6.74. The van der Waals surface area contributed by atoms with Gasteiger partial charge in [0.25, 0.3) is 10.0 Å². The monoisotopic (exact) mass is 551 g/mol. The highest BCUT2D eigenvalue weighted by Gasteiger charge is 2.28. The zero-order valence-corrected chi connectivity index (χ0v) is 22.6. The van der Waals surface area contributed by atoms with Crippen LogP contribution in [0.5, 0.6) is 11.5 Å². The van der Waals surface area contributed by atoms with Crippen molar-refractivity contribution >= 4 is 33.4 Å². The number of rotatable bonds is 9. The largest absolute Gasteiger partial charge is 0.454 e. The Balaban J connectivity index is 1.56. The van der Waals surface area contributed by atoms with Gasteiger partial charge in [0.2, 0.25) is 12.7 Å². The van der Waals surface area contributed by atoms with E-state index in [1.165, 1.54) is 17.9 Å². The van der Waals surface area contributed by atoms with Gasteiger partial charge in [0.05, 0.1) is 4.90 Å². The van der Waals surface area contributed by atoms with Gasteiger partial charge in [-0.05, 0) is 48.7 Å². The van der Waals surface area contributed by atoms with Crippen molar-refractivity contribution in [3.63, 3.8) is 0 Å². The van der Waals surface area contributed by atoms with Crippen LogP contribution in [0.1, 0.15) is 23.6 Å². The number of nitrogens with one attached hydrogen (secondary N) is 2. The zero-order chi connectivity index (χ0) is 28.2. The van der Waals surface area contributed by atoms with Crippen LogP contribution < -0.4 is 24.4 Å². The molecular formula is C28H29N3O7S. The van der Waals surface area contributed by atoms with Crippen LogP contribution in [0.2, 0.25) is 0 Å². The predicted octanol–water partition coefficient (Wildman–Crippen LogP) is 3.12. The number of anilines is 1. The molecule has 0 fully saturated rings. The number of carbonyl (C=O) groups is 3. The van der Waals surface area contributed by atoms with E-state index in [9.17, 15) is 22.8 Å². The van der Waals surface area contributed by atoms with Crippen molar-refractivity contribution in [3.05, 3.63) is 83.4 Å². The average molecular weight is 552 g/mol. The molecule has 4 rings (SSSR count). The Labute approximate surface area is 227 Å². The van der Waals surface area contributed by atoms with E-state index in [4.69, 9.17) is 9.47 Å². The summed E-state index contributed by atoms with van der Waals surface area (Å²) in [6.07, 6.45) is 0.360. The molecule has 1 heterocycles. The van der Waals surface area contributed by atoms with Gasteiger partial charge < -0.3 is 19.7 Å². The first kappa shape index (κ1) is 27.6. The maximum Gasteiger partial charge on any atom is 0.329 e. The quantitative estimate of drug-likeness (QED) is 0.418. The van der Waals surface area contributed by atoms with Crippen molar-refractivity contribution in [3.8, 4) is 11.5 Å². The second kappa shape index (κ2) is 11.6. The highest BCUT2D eigenvalue weighted by atomic mass is 32.2. The summed E-state index contributed by atoms with van der Waals surface area (Å²) < 4.78 is 38.4. The molecule has 2 N–H and O–H groups in total. The van der Waals surface area contributed by atoms with Crippen molar-refractivity contribution < 1.29 is 32.3 Å². The van der Waals surface area contributed by atoms with E-state index in [-0.39, 0.29) is 30.3 Å². The average Bonchev–Trinajstić information content (AvgIpc) is 3.36. The third-order valence-electron chi connectivity index (χ3n) is 6.20. The number of nitrogens with zero attached hydrogens (tertiary/aromatic N) is 1. The molecule has 10 nitrogen and oxygen atoms in total. The SMILES string of the molecule is CC(=O)Cc1ccc(C[C@H](NC(=O)NS(=O)(=O)c2ccccc2C)C(=O)N(C)c2ccc3c(c2)OCO3)cc1. The molecule has 39 heavy (non-hydrogen) atoms. The van der Waals surface area contributed by atoms with Gasteiger partial charge in [0.15, 0.2) is 11.5 Å². The molecule has 0 aliphatic carbocycles. The van der Waals surface area contributed by atoms with E-state index >= 15 is 0 Å². The summed E-state index contributed by atoms with van der Waals surface area (Å²) >= 11 is 0. The van der Waals surface area contributed by atoms with Crippen molar-refractivity contribution in [2.45, 2.75) is 37.6 Å². The third-order valence-corrected chi connectivity index (χ3v) is 7.69. The van der Waals surface area contributed by atoms with Gasteiger partial charge >= 0.3 is 6.03 Å². The molecular weight excluding hydrogens is 522 g/mol. The predicted molar refractivity (Wildman–Crippen MR) is 144 cm³/mol. The van der Waals surface area contributed by atoms with Crippen LogP contribution in [0, 0.1) is 6.92 Å². The van der Waals surface area contributed by atoms with Crippen LogP contribution in [0.4, 0.5) is 10.5 Å². The Hall–Kier alpha value is -4.38. The second-order valence-corrected chi connectivity index (χ2v) is 10.9. The maximum atomic E-state index is 13.6. The first-order chi connectivity index (χ1) is 18.5. The number of ether oxygens (including phenoxy) is 2. The van der Waals surface area contributed by atoms with E-state index in [2.05, 4.69) is 5.32 Å². The lowest BCUT2D eigenvalue weighted by molar-refractivity contribution is -0.120. The fraction of sp³-hybridized carbons (Fsp3) is 0.250. The van der Waals surface area contributed by atoms with Crippen molar-refractivity contribution in [2.75, 3.05) is 18.7 Å². The van der Waals surface area contributed by atoms with Gasteiger partial charge in [-0.15, -0.1) is 0 Å². The molecule has 0 unspecified atom stereocenters. The van der Waals surface area contributed by atoms with Crippen molar-refractivity contribution in [1.82, 2.24) is 10.0 Å². The van der Waals surface area contributed by atoms with E-state index in [1.807, 2.05) is 4.72 Å². The Morgan fingerprint density at radius 2 is 1.62 bits per heavy atom. The molecule has 3 aromatic carbocycles. The highest BCUT2D eigenvalue weighted by Crippen LogP contribution is 2.35. The molecule has 0 aromatic heterocycles. The molecule has 0 bridgehead atoms. The first-order valence-corrected chi connectivity index (χ1v) is 13.7. The zero-order valence-electron chi connectivity index (χ0n) is 21.8. The van der Waals surface area contributed by atoms with Gasteiger partial charge in [-0.2, -0.15) is 0 Å². The molecule has 11 heteroatoms. The van der Waals surface area contributed by atoms with Gasteiger partial charge in [-0.1, -0.05) is 42.5 Å². The van der Waals surface area contributed by atoms with Gasteiger partial charge in [0, 0.05) is 31.6 Å². The van der Waals surface area contributed by atoms with Crippen LogP contribution in [0.3, 0.4) is 0 Å². The Morgan fingerprint density at radius 3 is 2.31 bits per heavy atom. The number of sulfonamides is 1. The minimum Gasteiger partial charge on any atom is -0.454 e. The Bertz CT molecular complexity index is 1500. The fourth-order valence-corrected chi connectivity index (χ4v) is 5.36. The lowest BCUT2D eigenvalue weighted by Crippen LogP contribution is -2.52. The summed E-state index contributed by atoms with van der Waals surface area (Å²) in [6.45, 7) is 3.20. The number of ketones is 1. The minimum absolute atomic E-state index is 0.0226. The van der Waals surface area contributed by atoms with E-state index in [1.54, 1.807) is 74.6 Å². The molecule has 3 aromatic rings. The number of aryl methyl sites for hydroxylation is 1. The number of benzene rings is 3. The summed E-state index contributed by atoms with van der Waals surface area (Å²) in [7, 11) is -2.63. The van der Waals surface area contributed by atoms with E-state index in [0.29, 0.717) is 28.3 Å². The number of hydrogen-bond donors (Lipinski definition) is 2. The summed E-state index contributed by atoms with van der Waals surface area (Å²) in [5, 5.41) is 2.53. The van der Waals surface area contributed by atoms with Gasteiger partial charge in [-0.3, -0.25) is 9.59 Å². The number of fused-ring (bicyclic) bond motifs is 1. The van der Waals surface area contributed by atoms with Crippen LogP contribution in [-0.2, 0) is 32.5 Å². The smallest absolute Gasteiger partial charge is 0.329 e. The normalized spacial score (nSPS) is 12.9. The molecule has 1 atom stereocenters. The Kier molecular flexibility index (Phi) is 8.20. The molecule has 0 saturated carbocycles. The highest BCUT2D eigenvalue weighted by molar-refractivity contribution is 7.90. The number of hydrogen-bond acceptors (Lipinski definition) is 7. The molecule has 204 valence electrons. The van der Waals surface area contributed by atoms with E-state index < -0.39 is 28.0 Å². The number of carbonyl (C=O) groups excluding carboxylic acids is 3. The van der Waals surface area contributed by atoms with Crippen LogP contribution >= 0.6 is 0 Å². The number of amides is 3. The topological polar surface area (TPSA) is 131 Å². The summed E-state index contributed by atoms with van der Waals surface area (Å²) in [6, 6.07) is 16.2.